The summed E-state index contributed by atoms with van der Waals surface area (Å²) >= 11 is 3.39. The predicted molar refractivity (Wildman–Crippen MR) is 79.7 cm³/mol. The summed E-state index contributed by atoms with van der Waals surface area (Å²) in [6.45, 7) is 0.654. The Morgan fingerprint density at radius 2 is 1.65 bits per heavy atom. The van der Waals surface area contributed by atoms with Crippen molar-refractivity contribution >= 4 is 33.4 Å². The molecular formula is C15H11BrN2O2. The maximum atomic E-state index is 11.6. The number of nitrogens with one attached hydrogen (secondary N) is 2. The van der Waals surface area contributed by atoms with E-state index in [4.69, 9.17) is 0 Å². The molecule has 0 radical (unpaired) electrons. The van der Waals surface area contributed by atoms with E-state index in [0.29, 0.717) is 17.7 Å². The molecule has 1 aliphatic heterocycles. The molecule has 0 atom stereocenters. The van der Waals surface area contributed by atoms with Gasteiger partial charge in [-0.1, -0.05) is 28.1 Å². The maximum Gasteiger partial charge on any atom is 0.259 e. The predicted octanol–water partition coefficient (Wildman–Crippen LogP) is 2.94. The topological polar surface area (TPSA) is 58.2 Å². The summed E-state index contributed by atoms with van der Waals surface area (Å²) in [5, 5.41) is 5.52. The molecule has 0 unspecified atom stereocenters. The van der Waals surface area contributed by atoms with Crippen LogP contribution in [0, 0.1) is 0 Å². The highest BCUT2D eigenvalue weighted by Gasteiger charge is 2.26. The minimum atomic E-state index is -0.336. The van der Waals surface area contributed by atoms with Gasteiger partial charge >= 0.3 is 0 Å². The Morgan fingerprint density at radius 3 is 2.40 bits per heavy atom. The van der Waals surface area contributed by atoms with Gasteiger partial charge in [-0.25, -0.2) is 0 Å². The Morgan fingerprint density at radius 1 is 0.950 bits per heavy atom. The van der Waals surface area contributed by atoms with Gasteiger partial charge in [0.1, 0.15) is 0 Å². The smallest absolute Gasteiger partial charge is 0.259 e. The fraction of sp³-hybridized carbons (Fsp3) is 0.0667. The highest BCUT2D eigenvalue weighted by atomic mass is 79.9. The third-order valence-electron chi connectivity index (χ3n) is 3.15. The maximum absolute atomic E-state index is 11.6. The van der Waals surface area contributed by atoms with Crippen LogP contribution in [0.25, 0.3) is 0 Å². The molecule has 1 heterocycles. The number of imide groups is 1. The number of halogens is 1. The molecule has 0 aliphatic carbocycles. The molecule has 4 nitrogen and oxygen atoms in total. The zero-order valence-electron chi connectivity index (χ0n) is 10.4. The quantitative estimate of drug-likeness (QED) is 0.850. The van der Waals surface area contributed by atoms with Gasteiger partial charge in [0.25, 0.3) is 11.8 Å². The molecule has 0 saturated heterocycles. The highest BCUT2D eigenvalue weighted by Crippen LogP contribution is 2.21. The first-order chi connectivity index (χ1) is 9.63. The summed E-state index contributed by atoms with van der Waals surface area (Å²) in [5.41, 5.74) is 2.81. The largest absolute Gasteiger partial charge is 0.381 e. The Bertz CT molecular complexity index is 696. The van der Waals surface area contributed by atoms with E-state index in [1.165, 1.54) is 0 Å². The zero-order chi connectivity index (χ0) is 14.1. The molecule has 100 valence electrons. The van der Waals surface area contributed by atoms with Crippen LogP contribution >= 0.6 is 15.9 Å². The number of anilines is 1. The van der Waals surface area contributed by atoms with E-state index in [9.17, 15) is 9.59 Å². The number of rotatable bonds is 3. The second kappa shape index (κ2) is 5.09. The van der Waals surface area contributed by atoms with Crippen LogP contribution in [0.2, 0.25) is 0 Å². The first-order valence-corrected chi connectivity index (χ1v) is 6.91. The number of carbonyl (C=O) groups is 2. The molecule has 2 aromatic rings. The van der Waals surface area contributed by atoms with Crippen molar-refractivity contribution in [1.82, 2.24) is 5.32 Å². The average Bonchev–Trinajstić information content (AvgIpc) is 2.73. The lowest BCUT2D eigenvalue weighted by molar-refractivity contribution is 0.0879. The van der Waals surface area contributed by atoms with Crippen LogP contribution in [0.4, 0.5) is 5.69 Å². The first kappa shape index (κ1) is 12.9. The number of carbonyl (C=O) groups excluding carboxylic acids is 2. The molecule has 20 heavy (non-hydrogen) atoms. The van der Waals surface area contributed by atoms with E-state index in [1.54, 1.807) is 18.2 Å². The van der Waals surface area contributed by atoms with Crippen molar-refractivity contribution in [2.24, 2.45) is 0 Å². The molecule has 0 spiro atoms. The molecule has 0 aromatic heterocycles. The van der Waals surface area contributed by atoms with Crippen molar-refractivity contribution < 1.29 is 9.59 Å². The zero-order valence-corrected chi connectivity index (χ0v) is 12.0. The molecule has 2 N–H and O–H groups in total. The van der Waals surface area contributed by atoms with Crippen LogP contribution in [-0.2, 0) is 6.54 Å². The lowest BCUT2D eigenvalue weighted by atomic mass is 10.1. The average molecular weight is 331 g/mol. The van der Waals surface area contributed by atoms with E-state index in [0.717, 1.165) is 15.7 Å². The van der Waals surface area contributed by atoms with E-state index in [2.05, 4.69) is 26.6 Å². The van der Waals surface area contributed by atoms with Gasteiger partial charge in [0, 0.05) is 16.7 Å². The molecule has 0 fully saturated rings. The normalized spacial score (nSPS) is 13.1. The van der Waals surface area contributed by atoms with Crippen LogP contribution < -0.4 is 10.6 Å². The van der Waals surface area contributed by atoms with Crippen molar-refractivity contribution in [1.29, 1.82) is 0 Å². The molecule has 3 rings (SSSR count). The van der Waals surface area contributed by atoms with Crippen molar-refractivity contribution in [3.8, 4) is 0 Å². The van der Waals surface area contributed by atoms with Crippen LogP contribution in [-0.4, -0.2) is 11.8 Å². The van der Waals surface area contributed by atoms with Crippen LogP contribution in [0.3, 0.4) is 0 Å². The van der Waals surface area contributed by atoms with Crippen molar-refractivity contribution in [3.63, 3.8) is 0 Å². The van der Waals surface area contributed by atoms with E-state index in [1.807, 2.05) is 24.3 Å². The van der Waals surface area contributed by atoms with Gasteiger partial charge in [-0.2, -0.15) is 0 Å². The molecule has 2 amide bonds. The summed E-state index contributed by atoms with van der Waals surface area (Å²) in [7, 11) is 0. The van der Waals surface area contributed by atoms with Gasteiger partial charge in [-0.3, -0.25) is 14.9 Å². The van der Waals surface area contributed by atoms with Gasteiger partial charge in [0.2, 0.25) is 0 Å². The summed E-state index contributed by atoms with van der Waals surface area (Å²) in [4.78, 5) is 23.0. The third kappa shape index (κ3) is 2.44. The van der Waals surface area contributed by atoms with E-state index < -0.39 is 0 Å². The van der Waals surface area contributed by atoms with Crippen molar-refractivity contribution in [2.75, 3.05) is 5.32 Å². The molecule has 0 saturated carbocycles. The van der Waals surface area contributed by atoms with Gasteiger partial charge < -0.3 is 5.32 Å². The Hall–Kier alpha value is -2.14. The number of benzene rings is 2. The van der Waals surface area contributed by atoms with Crippen LogP contribution in [0.5, 0.6) is 0 Å². The summed E-state index contributed by atoms with van der Waals surface area (Å²) in [6.07, 6.45) is 0. The fourth-order valence-electron chi connectivity index (χ4n) is 2.08. The highest BCUT2D eigenvalue weighted by molar-refractivity contribution is 9.10. The summed E-state index contributed by atoms with van der Waals surface area (Å²) in [6, 6.07) is 13.2. The summed E-state index contributed by atoms with van der Waals surface area (Å²) < 4.78 is 1.04. The Balaban J connectivity index is 1.76. The monoisotopic (exact) mass is 330 g/mol. The molecule has 5 heteroatoms. The Kier molecular flexibility index (Phi) is 3.28. The number of hydrogen-bond donors (Lipinski definition) is 2. The molecular weight excluding hydrogens is 320 g/mol. The van der Waals surface area contributed by atoms with Gasteiger partial charge in [-0.15, -0.1) is 0 Å². The van der Waals surface area contributed by atoms with E-state index >= 15 is 0 Å². The number of fused-ring (bicyclic) bond motifs is 1. The number of hydrogen-bond acceptors (Lipinski definition) is 3. The van der Waals surface area contributed by atoms with Gasteiger partial charge in [-0.05, 0) is 35.9 Å². The third-order valence-corrected chi connectivity index (χ3v) is 3.67. The lowest BCUT2D eigenvalue weighted by Gasteiger charge is -2.07. The molecule has 2 aromatic carbocycles. The second-order valence-corrected chi connectivity index (χ2v) is 5.44. The first-order valence-electron chi connectivity index (χ1n) is 6.11. The standard InChI is InChI=1S/C15H11BrN2O2/c16-10-3-1-9(2-4-10)8-17-11-5-6-12-13(7-11)15(20)18-14(12)19/h1-7,17H,8H2,(H,18,19,20). The van der Waals surface area contributed by atoms with Crippen LogP contribution in [0.15, 0.2) is 46.9 Å². The van der Waals surface area contributed by atoms with Crippen LogP contribution in [0.1, 0.15) is 26.3 Å². The SMILES string of the molecule is O=C1NC(=O)c2cc(NCc3ccc(Br)cc3)ccc21. The van der Waals surface area contributed by atoms with Gasteiger partial charge in [0.15, 0.2) is 0 Å². The second-order valence-electron chi connectivity index (χ2n) is 4.52. The van der Waals surface area contributed by atoms with E-state index in [-0.39, 0.29) is 11.8 Å². The minimum Gasteiger partial charge on any atom is -0.381 e. The van der Waals surface area contributed by atoms with Crippen molar-refractivity contribution in [2.45, 2.75) is 6.54 Å². The fourth-order valence-corrected chi connectivity index (χ4v) is 2.35. The Labute approximate surface area is 124 Å². The lowest BCUT2D eigenvalue weighted by Crippen LogP contribution is -2.19. The number of amides is 2. The summed E-state index contributed by atoms with van der Waals surface area (Å²) in [5.74, 6) is -0.665. The van der Waals surface area contributed by atoms with Crippen molar-refractivity contribution in [3.05, 3.63) is 63.6 Å². The molecule has 1 aliphatic rings. The minimum absolute atomic E-state index is 0.329. The van der Waals surface area contributed by atoms with Gasteiger partial charge in [0.05, 0.1) is 11.1 Å². The molecule has 0 bridgehead atoms.